The summed E-state index contributed by atoms with van der Waals surface area (Å²) in [7, 11) is 1.84. The standard InChI is InChI=1S/C19H18N2O2/c1-20(13-12-15-8-4-2-5-9-15)17-14-18(22)21(19(17)23)16-10-6-3-7-11-16/h2-11,14H,12-13H2,1H3. The third-order valence-electron chi connectivity index (χ3n) is 3.91. The van der Waals surface area contributed by atoms with Gasteiger partial charge in [-0.25, -0.2) is 4.90 Å². The molecule has 2 amide bonds. The summed E-state index contributed by atoms with van der Waals surface area (Å²) in [5, 5.41) is 0. The zero-order chi connectivity index (χ0) is 16.2. The fourth-order valence-electron chi connectivity index (χ4n) is 2.61. The van der Waals surface area contributed by atoms with Crippen molar-refractivity contribution in [1.29, 1.82) is 0 Å². The molecule has 4 nitrogen and oxygen atoms in total. The molecule has 0 spiro atoms. The van der Waals surface area contributed by atoms with Gasteiger partial charge in [-0.1, -0.05) is 48.5 Å². The number of hydrogen-bond donors (Lipinski definition) is 0. The van der Waals surface area contributed by atoms with E-state index in [1.54, 1.807) is 12.1 Å². The molecule has 0 aromatic heterocycles. The van der Waals surface area contributed by atoms with Crippen molar-refractivity contribution in [1.82, 2.24) is 4.90 Å². The maximum Gasteiger partial charge on any atom is 0.281 e. The van der Waals surface area contributed by atoms with Crippen molar-refractivity contribution in [2.45, 2.75) is 6.42 Å². The highest BCUT2D eigenvalue weighted by Gasteiger charge is 2.34. The van der Waals surface area contributed by atoms with Crippen molar-refractivity contribution < 1.29 is 9.59 Å². The zero-order valence-electron chi connectivity index (χ0n) is 13.0. The molecule has 4 heteroatoms. The average Bonchev–Trinajstić information content (AvgIpc) is 2.89. The van der Waals surface area contributed by atoms with E-state index in [0.717, 1.165) is 6.42 Å². The van der Waals surface area contributed by atoms with E-state index in [2.05, 4.69) is 12.1 Å². The van der Waals surface area contributed by atoms with Crippen LogP contribution in [0.5, 0.6) is 0 Å². The molecule has 0 radical (unpaired) electrons. The van der Waals surface area contributed by atoms with Crippen LogP contribution in [0.3, 0.4) is 0 Å². The molecule has 116 valence electrons. The molecule has 0 bridgehead atoms. The van der Waals surface area contributed by atoms with E-state index in [1.807, 2.05) is 48.3 Å². The predicted molar refractivity (Wildman–Crippen MR) is 89.8 cm³/mol. The van der Waals surface area contributed by atoms with Crippen LogP contribution in [0.25, 0.3) is 0 Å². The van der Waals surface area contributed by atoms with Crippen LogP contribution in [-0.2, 0) is 16.0 Å². The van der Waals surface area contributed by atoms with Crippen LogP contribution in [0.1, 0.15) is 5.56 Å². The van der Waals surface area contributed by atoms with E-state index >= 15 is 0 Å². The van der Waals surface area contributed by atoms with Gasteiger partial charge >= 0.3 is 0 Å². The Morgan fingerprint density at radius 1 is 0.913 bits per heavy atom. The topological polar surface area (TPSA) is 40.6 Å². The third kappa shape index (κ3) is 3.16. The van der Waals surface area contributed by atoms with E-state index in [9.17, 15) is 9.59 Å². The normalized spacial score (nSPS) is 14.1. The Hall–Kier alpha value is -2.88. The van der Waals surface area contributed by atoms with E-state index in [-0.39, 0.29) is 11.8 Å². The molecule has 0 saturated carbocycles. The van der Waals surface area contributed by atoms with Crippen LogP contribution in [0.2, 0.25) is 0 Å². The number of carbonyl (C=O) groups excluding carboxylic acids is 2. The van der Waals surface area contributed by atoms with Crippen molar-refractivity contribution in [2.75, 3.05) is 18.5 Å². The molecule has 2 aromatic carbocycles. The molecule has 1 aliphatic rings. The lowest BCUT2D eigenvalue weighted by atomic mass is 10.1. The van der Waals surface area contributed by atoms with Gasteiger partial charge in [0.1, 0.15) is 5.70 Å². The lowest BCUT2D eigenvalue weighted by Crippen LogP contribution is -2.34. The van der Waals surface area contributed by atoms with Crippen LogP contribution in [0.15, 0.2) is 72.4 Å². The summed E-state index contributed by atoms with van der Waals surface area (Å²) in [4.78, 5) is 27.8. The van der Waals surface area contributed by atoms with Gasteiger partial charge in [-0.15, -0.1) is 0 Å². The van der Waals surface area contributed by atoms with Crippen molar-refractivity contribution in [3.8, 4) is 0 Å². The highest BCUT2D eigenvalue weighted by molar-refractivity contribution is 6.30. The number of nitrogens with zero attached hydrogens (tertiary/aromatic N) is 2. The van der Waals surface area contributed by atoms with Crippen LogP contribution in [-0.4, -0.2) is 30.3 Å². The van der Waals surface area contributed by atoms with Gasteiger partial charge in [-0.3, -0.25) is 9.59 Å². The van der Waals surface area contributed by atoms with Crippen molar-refractivity contribution in [3.63, 3.8) is 0 Å². The second kappa shape index (κ2) is 6.48. The van der Waals surface area contributed by atoms with Gasteiger partial charge in [-0.05, 0) is 24.1 Å². The molecule has 3 rings (SSSR count). The molecule has 23 heavy (non-hydrogen) atoms. The number of carbonyl (C=O) groups is 2. The SMILES string of the molecule is CN(CCc1ccccc1)C1=CC(=O)N(c2ccccc2)C1=O. The second-order valence-electron chi connectivity index (χ2n) is 5.50. The quantitative estimate of drug-likeness (QED) is 0.797. The Bertz CT molecular complexity index is 738. The maximum absolute atomic E-state index is 12.6. The average molecular weight is 306 g/mol. The van der Waals surface area contributed by atoms with E-state index in [0.29, 0.717) is 17.9 Å². The number of hydrogen-bond acceptors (Lipinski definition) is 3. The van der Waals surface area contributed by atoms with Gasteiger partial charge in [0.15, 0.2) is 0 Å². The van der Waals surface area contributed by atoms with Crippen LogP contribution < -0.4 is 4.90 Å². The van der Waals surface area contributed by atoms with Crippen LogP contribution in [0, 0.1) is 0 Å². The Kier molecular flexibility index (Phi) is 4.24. The number of likely N-dealkylation sites (N-methyl/N-ethyl adjacent to an activating group) is 1. The molecule has 1 heterocycles. The van der Waals surface area contributed by atoms with Gasteiger partial charge in [0.2, 0.25) is 0 Å². The molecule has 0 saturated heterocycles. The molecular weight excluding hydrogens is 288 g/mol. The minimum absolute atomic E-state index is 0.267. The number of para-hydroxylation sites is 1. The Morgan fingerprint density at radius 3 is 2.17 bits per heavy atom. The lowest BCUT2D eigenvalue weighted by molar-refractivity contribution is -0.120. The smallest absolute Gasteiger partial charge is 0.281 e. The summed E-state index contributed by atoms with van der Waals surface area (Å²) in [6, 6.07) is 19.1. The van der Waals surface area contributed by atoms with E-state index < -0.39 is 0 Å². The Morgan fingerprint density at radius 2 is 1.52 bits per heavy atom. The van der Waals surface area contributed by atoms with E-state index in [1.165, 1.54) is 16.5 Å². The van der Waals surface area contributed by atoms with Crippen molar-refractivity contribution >= 4 is 17.5 Å². The molecule has 2 aromatic rings. The number of anilines is 1. The van der Waals surface area contributed by atoms with Crippen LogP contribution >= 0.6 is 0 Å². The number of amides is 2. The monoisotopic (exact) mass is 306 g/mol. The summed E-state index contributed by atoms with van der Waals surface area (Å²) in [5.74, 6) is -0.556. The molecule has 0 fully saturated rings. The molecule has 1 aliphatic heterocycles. The minimum atomic E-state index is -0.289. The molecule has 0 aliphatic carbocycles. The zero-order valence-corrected chi connectivity index (χ0v) is 13.0. The molecule has 0 unspecified atom stereocenters. The molecule has 0 N–H and O–H groups in total. The number of benzene rings is 2. The molecular formula is C19H18N2O2. The Labute approximate surface area is 135 Å². The molecule has 0 atom stereocenters. The number of imide groups is 1. The fraction of sp³-hybridized carbons (Fsp3) is 0.158. The van der Waals surface area contributed by atoms with Crippen molar-refractivity contribution in [2.24, 2.45) is 0 Å². The van der Waals surface area contributed by atoms with Gasteiger partial charge < -0.3 is 4.90 Å². The first kappa shape index (κ1) is 15.0. The largest absolute Gasteiger partial charge is 0.370 e. The first-order chi connectivity index (χ1) is 11.2. The first-order valence-corrected chi connectivity index (χ1v) is 7.57. The summed E-state index contributed by atoms with van der Waals surface area (Å²) < 4.78 is 0. The first-order valence-electron chi connectivity index (χ1n) is 7.57. The van der Waals surface area contributed by atoms with Gasteiger partial charge in [0, 0.05) is 19.7 Å². The minimum Gasteiger partial charge on any atom is -0.370 e. The Balaban J connectivity index is 1.70. The van der Waals surface area contributed by atoms with Gasteiger partial charge in [0.05, 0.1) is 5.69 Å². The van der Waals surface area contributed by atoms with Gasteiger partial charge in [-0.2, -0.15) is 0 Å². The lowest BCUT2D eigenvalue weighted by Gasteiger charge is -2.21. The second-order valence-corrected chi connectivity index (χ2v) is 5.50. The summed E-state index contributed by atoms with van der Waals surface area (Å²) in [5.41, 5.74) is 2.25. The van der Waals surface area contributed by atoms with Gasteiger partial charge in [0.25, 0.3) is 11.8 Å². The predicted octanol–water partition coefficient (Wildman–Crippen LogP) is 2.62. The fourth-order valence-corrected chi connectivity index (χ4v) is 2.61. The third-order valence-corrected chi connectivity index (χ3v) is 3.91. The summed E-state index contributed by atoms with van der Waals surface area (Å²) in [6.07, 6.45) is 2.24. The van der Waals surface area contributed by atoms with Crippen molar-refractivity contribution in [3.05, 3.63) is 78.0 Å². The maximum atomic E-state index is 12.6. The van der Waals surface area contributed by atoms with E-state index in [4.69, 9.17) is 0 Å². The highest BCUT2D eigenvalue weighted by atomic mass is 16.2. The summed E-state index contributed by atoms with van der Waals surface area (Å²) >= 11 is 0. The van der Waals surface area contributed by atoms with Crippen LogP contribution in [0.4, 0.5) is 5.69 Å². The number of rotatable bonds is 5. The summed E-state index contributed by atoms with van der Waals surface area (Å²) in [6.45, 7) is 0.678. The highest BCUT2D eigenvalue weighted by Crippen LogP contribution is 2.23.